The van der Waals surface area contributed by atoms with Gasteiger partial charge in [0, 0.05) is 5.25 Å². The maximum Gasteiger partial charge on any atom is 0.0199 e. The molecule has 0 aromatic heterocycles. The monoisotopic (exact) mass is 220 g/mol. The number of halogens is 1. The van der Waals surface area contributed by atoms with Crippen molar-refractivity contribution in [3.63, 3.8) is 0 Å². The standard InChI is InChI=1S/C11H21ClS/c12-13-11-9-7-5-3-1-2-4-6-8-10-11/h11H,1-10H2. The summed E-state index contributed by atoms with van der Waals surface area (Å²) in [7, 11) is 7.42. The molecule has 1 aliphatic rings. The van der Waals surface area contributed by atoms with Gasteiger partial charge in [0.1, 0.15) is 0 Å². The molecule has 0 N–H and O–H groups in total. The van der Waals surface area contributed by atoms with Gasteiger partial charge in [-0.05, 0) is 23.5 Å². The maximum absolute atomic E-state index is 5.86. The highest BCUT2D eigenvalue weighted by Gasteiger charge is 2.08. The first-order valence-electron chi connectivity index (χ1n) is 5.71. The lowest BCUT2D eigenvalue weighted by Gasteiger charge is -2.11. The average molecular weight is 221 g/mol. The molecule has 0 spiro atoms. The van der Waals surface area contributed by atoms with E-state index in [0.29, 0.717) is 0 Å². The van der Waals surface area contributed by atoms with Crippen molar-refractivity contribution in [2.75, 3.05) is 0 Å². The Morgan fingerprint density at radius 2 is 1.08 bits per heavy atom. The molecule has 2 heteroatoms. The molecule has 78 valence electrons. The van der Waals surface area contributed by atoms with Crippen molar-refractivity contribution in [1.82, 2.24) is 0 Å². The maximum atomic E-state index is 5.86. The second-order valence-corrected chi connectivity index (χ2v) is 5.50. The fourth-order valence-electron chi connectivity index (χ4n) is 2.04. The third-order valence-electron chi connectivity index (χ3n) is 2.93. The predicted octanol–water partition coefficient (Wildman–Crippen LogP) is 5.16. The lowest BCUT2D eigenvalue weighted by Crippen LogP contribution is -2.00. The second kappa shape index (κ2) is 7.99. The quantitative estimate of drug-likeness (QED) is 0.589. The Kier molecular flexibility index (Phi) is 7.20. The highest BCUT2D eigenvalue weighted by atomic mass is 35.7. The lowest BCUT2D eigenvalue weighted by molar-refractivity contribution is 0.585. The summed E-state index contributed by atoms with van der Waals surface area (Å²) in [6.07, 6.45) is 14.1. The molecule has 13 heavy (non-hydrogen) atoms. The van der Waals surface area contributed by atoms with Crippen LogP contribution in [-0.2, 0) is 0 Å². The molecule has 1 rings (SSSR count). The zero-order valence-corrected chi connectivity index (χ0v) is 10.0. The van der Waals surface area contributed by atoms with Gasteiger partial charge in [-0.3, -0.25) is 0 Å². The molecule has 0 aliphatic heterocycles. The fourth-order valence-corrected chi connectivity index (χ4v) is 3.08. The van der Waals surface area contributed by atoms with Gasteiger partial charge >= 0.3 is 0 Å². The van der Waals surface area contributed by atoms with Crippen LogP contribution >= 0.6 is 21.7 Å². The molecule has 0 nitrogen and oxygen atoms in total. The third-order valence-corrected chi connectivity index (χ3v) is 4.41. The summed E-state index contributed by atoms with van der Waals surface area (Å²) in [4.78, 5) is 0. The van der Waals surface area contributed by atoms with Gasteiger partial charge < -0.3 is 0 Å². The smallest absolute Gasteiger partial charge is 0.0199 e. The lowest BCUT2D eigenvalue weighted by atomic mass is 10.1. The third kappa shape index (κ3) is 5.85. The van der Waals surface area contributed by atoms with Gasteiger partial charge in [0.15, 0.2) is 0 Å². The van der Waals surface area contributed by atoms with Gasteiger partial charge in [-0.25, -0.2) is 0 Å². The van der Waals surface area contributed by atoms with Crippen molar-refractivity contribution in [3.8, 4) is 0 Å². The van der Waals surface area contributed by atoms with Gasteiger partial charge in [-0.15, -0.1) is 0 Å². The molecule has 1 saturated carbocycles. The van der Waals surface area contributed by atoms with Crippen LogP contribution in [0.4, 0.5) is 0 Å². The van der Waals surface area contributed by atoms with Crippen LogP contribution in [0.2, 0.25) is 0 Å². The minimum absolute atomic E-state index is 0.736. The molecule has 0 unspecified atom stereocenters. The summed E-state index contributed by atoms with van der Waals surface area (Å²) >= 11 is 0. The number of rotatable bonds is 1. The van der Waals surface area contributed by atoms with Crippen molar-refractivity contribution in [3.05, 3.63) is 0 Å². The zero-order valence-electron chi connectivity index (χ0n) is 8.43. The normalized spacial score (nSPS) is 23.8. The van der Waals surface area contributed by atoms with E-state index in [0.717, 1.165) is 5.25 Å². The molecule has 0 radical (unpaired) electrons. The molecule has 0 aromatic rings. The van der Waals surface area contributed by atoms with Crippen LogP contribution in [0.1, 0.15) is 64.2 Å². The van der Waals surface area contributed by atoms with Crippen LogP contribution in [-0.4, -0.2) is 5.25 Å². The van der Waals surface area contributed by atoms with Gasteiger partial charge in [0.2, 0.25) is 0 Å². The SMILES string of the molecule is ClSC1CCCCCCCCCC1. The van der Waals surface area contributed by atoms with E-state index in [1.807, 2.05) is 0 Å². The van der Waals surface area contributed by atoms with E-state index in [4.69, 9.17) is 10.7 Å². The minimum Gasteiger partial charge on any atom is -0.0533 e. The summed E-state index contributed by atoms with van der Waals surface area (Å²) in [6, 6.07) is 0. The predicted molar refractivity (Wildman–Crippen MR) is 63.4 cm³/mol. The molecule has 0 heterocycles. The number of hydrogen-bond donors (Lipinski definition) is 0. The molecular formula is C11H21ClS. The molecule has 0 bridgehead atoms. The summed E-state index contributed by atoms with van der Waals surface area (Å²) in [6.45, 7) is 0. The van der Waals surface area contributed by atoms with Gasteiger partial charge in [0.05, 0.1) is 0 Å². The van der Waals surface area contributed by atoms with Gasteiger partial charge in [-0.2, -0.15) is 0 Å². The Balaban J connectivity index is 2.18. The van der Waals surface area contributed by atoms with Crippen molar-refractivity contribution in [1.29, 1.82) is 0 Å². The molecule has 0 saturated heterocycles. The summed E-state index contributed by atoms with van der Waals surface area (Å²) < 4.78 is 0. The highest BCUT2D eigenvalue weighted by molar-refractivity contribution is 8.21. The van der Waals surface area contributed by atoms with E-state index in [1.165, 1.54) is 64.2 Å². The fraction of sp³-hybridized carbons (Fsp3) is 1.00. The van der Waals surface area contributed by atoms with Crippen LogP contribution in [0.25, 0.3) is 0 Å². The first-order chi connectivity index (χ1) is 6.43. The van der Waals surface area contributed by atoms with Crippen molar-refractivity contribution in [2.45, 2.75) is 69.5 Å². The van der Waals surface area contributed by atoms with Crippen LogP contribution < -0.4 is 0 Å². The second-order valence-electron chi connectivity index (χ2n) is 4.12. The summed E-state index contributed by atoms with van der Waals surface area (Å²) in [5.74, 6) is 0. The van der Waals surface area contributed by atoms with Crippen molar-refractivity contribution in [2.24, 2.45) is 0 Å². The van der Waals surface area contributed by atoms with Crippen LogP contribution in [0.3, 0.4) is 0 Å². The highest BCUT2D eigenvalue weighted by Crippen LogP contribution is 2.27. The van der Waals surface area contributed by atoms with Crippen LogP contribution in [0.5, 0.6) is 0 Å². The largest absolute Gasteiger partial charge is 0.0533 e. The Morgan fingerprint density at radius 3 is 1.46 bits per heavy atom. The Labute approximate surface area is 91.3 Å². The minimum atomic E-state index is 0.736. The molecule has 1 fully saturated rings. The average Bonchev–Trinajstić information content (AvgIpc) is 2.22. The molecule has 0 aromatic carbocycles. The topological polar surface area (TPSA) is 0 Å². The van der Waals surface area contributed by atoms with E-state index in [-0.39, 0.29) is 0 Å². The molecular weight excluding hydrogens is 200 g/mol. The zero-order chi connectivity index (χ0) is 9.36. The first kappa shape index (κ1) is 11.7. The molecule has 0 atom stereocenters. The molecule has 1 aliphatic carbocycles. The summed E-state index contributed by atoms with van der Waals surface area (Å²) in [5, 5.41) is 0.736. The van der Waals surface area contributed by atoms with Crippen LogP contribution in [0.15, 0.2) is 0 Å². The van der Waals surface area contributed by atoms with Gasteiger partial charge in [-0.1, -0.05) is 62.3 Å². The Hall–Kier alpha value is 0.640. The van der Waals surface area contributed by atoms with E-state index >= 15 is 0 Å². The van der Waals surface area contributed by atoms with E-state index in [1.54, 1.807) is 11.0 Å². The van der Waals surface area contributed by atoms with Crippen molar-refractivity contribution >= 4 is 21.7 Å². The van der Waals surface area contributed by atoms with E-state index in [2.05, 4.69) is 0 Å². The van der Waals surface area contributed by atoms with Crippen LogP contribution in [0, 0.1) is 0 Å². The first-order valence-corrected chi connectivity index (χ1v) is 7.41. The van der Waals surface area contributed by atoms with E-state index in [9.17, 15) is 0 Å². The number of hydrogen-bond acceptors (Lipinski definition) is 1. The van der Waals surface area contributed by atoms with Crippen molar-refractivity contribution < 1.29 is 0 Å². The Bertz CT molecular complexity index is 105. The Morgan fingerprint density at radius 1 is 0.692 bits per heavy atom. The van der Waals surface area contributed by atoms with E-state index < -0.39 is 0 Å². The van der Waals surface area contributed by atoms with Gasteiger partial charge in [0.25, 0.3) is 0 Å². The summed E-state index contributed by atoms with van der Waals surface area (Å²) in [5.41, 5.74) is 0. The molecule has 0 amide bonds.